The molecule has 7 nitrogen and oxygen atoms in total. The van der Waals surface area contributed by atoms with E-state index in [0.717, 1.165) is 6.07 Å². The van der Waals surface area contributed by atoms with E-state index in [-0.39, 0.29) is 10.6 Å². The van der Waals surface area contributed by atoms with Gasteiger partial charge in [0.1, 0.15) is 0 Å². The summed E-state index contributed by atoms with van der Waals surface area (Å²) in [4.78, 5) is -0.125. The Morgan fingerprint density at radius 3 is 2.41 bits per heavy atom. The summed E-state index contributed by atoms with van der Waals surface area (Å²) >= 11 is 0. The molecular weight excluding hydrogens is 268 g/mol. The van der Waals surface area contributed by atoms with Crippen molar-refractivity contribution in [1.29, 1.82) is 0 Å². The van der Waals surface area contributed by atoms with Gasteiger partial charge in [0.05, 0.1) is 16.3 Å². The average Bonchev–Trinajstić information content (AvgIpc) is 2.15. The molecule has 0 fully saturated rings. The van der Waals surface area contributed by atoms with Crippen molar-refractivity contribution in [2.75, 3.05) is 12.3 Å². The van der Waals surface area contributed by atoms with E-state index in [4.69, 9.17) is 10.3 Å². The lowest BCUT2D eigenvalue weighted by Gasteiger charge is -2.05. The van der Waals surface area contributed by atoms with Crippen LogP contribution in [0.5, 0.6) is 0 Å². The topological polar surface area (TPSA) is 124 Å². The summed E-state index contributed by atoms with van der Waals surface area (Å²) in [5.74, 6) is -0.702. The quantitative estimate of drug-likeness (QED) is 0.720. The summed E-state index contributed by atoms with van der Waals surface area (Å²) in [5, 5.41) is 0. The summed E-state index contributed by atoms with van der Waals surface area (Å²) in [6, 6.07) is 5.24. The Labute approximate surface area is 99.4 Å². The zero-order valence-corrected chi connectivity index (χ0v) is 10.3. The van der Waals surface area contributed by atoms with Crippen molar-refractivity contribution >= 4 is 25.8 Å². The van der Waals surface area contributed by atoms with E-state index in [1.54, 1.807) is 0 Å². The number of nitrogens with one attached hydrogen (secondary N) is 2. The number of hydrogen-bond donors (Lipinski definition) is 2. The Morgan fingerprint density at radius 2 is 1.88 bits per heavy atom. The maximum absolute atomic E-state index is 11.6. The fourth-order valence-corrected chi connectivity index (χ4v) is 2.62. The minimum absolute atomic E-state index is 0.0302. The molecule has 3 N–H and O–H groups in total. The third kappa shape index (κ3) is 4.69. The van der Waals surface area contributed by atoms with Gasteiger partial charge in [0, 0.05) is 6.54 Å². The van der Waals surface area contributed by atoms with Gasteiger partial charge in [-0.2, -0.15) is 8.42 Å². The van der Waals surface area contributed by atoms with Gasteiger partial charge in [0.15, 0.2) is 0 Å². The van der Waals surface area contributed by atoms with E-state index in [0.29, 0.717) is 0 Å². The van der Waals surface area contributed by atoms with Crippen molar-refractivity contribution in [3.05, 3.63) is 24.3 Å². The molecule has 1 rings (SSSR count). The largest absolute Gasteiger partial charge is 0.301 e. The standard InChI is InChI=1S/C8H11N2O5S2/c9-7-2-1-3-8(6-7)17(14,15)10-4-5-16(11,12)13/h1-3,6,9-10H,4-5H2,(H,11,12,13). The normalized spacial score (nSPS) is 12.5. The molecule has 0 aromatic heterocycles. The van der Waals surface area contributed by atoms with Crippen LogP contribution in [0.1, 0.15) is 0 Å². The first-order valence-corrected chi connectivity index (χ1v) is 7.56. The van der Waals surface area contributed by atoms with Gasteiger partial charge in [-0.05, 0) is 18.2 Å². The predicted molar refractivity (Wildman–Crippen MR) is 60.8 cm³/mol. The first-order valence-electron chi connectivity index (χ1n) is 4.47. The first kappa shape index (κ1) is 13.9. The second kappa shape index (κ2) is 5.00. The molecule has 0 unspecified atom stereocenters. The highest BCUT2D eigenvalue weighted by atomic mass is 32.2. The highest BCUT2D eigenvalue weighted by Gasteiger charge is 2.15. The van der Waals surface area contributed by atoms with Gasteiger partial charge >= 0.3 is 0 Å². The minimum atomic E-state index is -4.20. The molecule has 0 spiro atoms. The second-order valence-electron chi connectivity index (χ2n) is 3.21. The van der Waals surface area contributed by atoms with E-state index in [1.165, 1.54) is 18.2 Å². The fraction of sp³-hybridized carbons (Fsp3) is 0.250. The summed E-state index contributed by atoms with van der Waals surface area (Å²) in [6.07, 6.45) is 0. The molecule has 0 atom stereocenters. The molecule has 95 valence electrons. The van der Waals surface area contributed by atoms with Gasteiger partial charge < -0.3 is 5.73 Å². The molecule has 0 saturated carbocycles. The molecule has 0 bridgehead atoms. The third-order valence-electron chi connectivity index (χ3n) is 1.80. The van der Waals surface area contributed by atoms with Crippen LogP contribution in [0.4, 0.5) is 5.69 Å². The lowest BCUT2D eigenvalue weighted by Crippen LogP contribution is -2.29. The van der Waals surface area contributed by atoms with Crippen LogP contribution < -0.4 is 10.5 Å². The predicted octanol–water partition coefficient (Wildman–Crippen LogP) is -0.233. The third-order valence-corrected chi connectivity index (χ3v) is 3.98. The zero-order valence-electron chi connectivity index (χ0n) is 8.62. The lowest BCUT2D eigenvalue weighted by molar-refractivity contribution is 0.482. The van der Waals surface area contributed by atoms with E-state index in [2.05, 4.69) is 0 Å². The maximum Gasteiger partial charge on any atom is 0.266 e. The van der Waals surface area contributed by atoms with Gasteiger partial charge in [-0.1, -0.05) is 6.07 Å². The number of sulfonamides is 1. The Balaban J connectivity index is 2.77. The molecular formula is C8H11N2O5S2. The van der Waals surface area contributed by atoms with Crippen LogP contribution in [0.15, 0.2) is 29.2 Å². The van der Waals surface area contributed by atoms with Crippen molar-refractivity contribution < 1.29 is 21.4 Å². The highest BCUT2D eigenvalue weighted by Crippen LogP contribution is 2.13. The molecule has 9 heteroatoms. The first-order chi connectivity index (χ1) is 7.71. The molecule has 1 aromatic rings. The Hall–Kier alpha value is -1.16. The van der Waals surface area contributed by atoms with E-state index < -0.39 is 32.4 Å². The van der Waals surface area contributed by atoms with Crippen LogP contribution in [0.2, 0.25) is 0 Å². The van der Waals surface area contributed by atoms with Crippen LogP contribution in [0.25, 0.3) is 0 Å². The molecule has 0 heterocycles. The molecule has 0 aliphatic carbocycles. The van der Waals surface area contributed by atoms with Crippen LogP contribution in [0.3, 0.4) is 0 Å². The molecule has 1 radical (unpaired) electrons. The van der Waals surface area contributed by atoms with E-state index in [9.17, 15) is 16.8 Å². The van der Waals surface area contributed by atoms with Crippen molar-refractivity contribution in [3.8, 4) is 0 Å². The Bertz CT molecular complexity index is 594. The number of rotatable bonds is 5. The van der Waals surface area contributed by atoms with Gasteiger partial charge in [-0.3, -0.25) is 4.55 Å². The second-order valence-corrected chi connectivity index (χ2v) is 6.55. The summed E-state index contributed by atoms with van der Waals surface area (Å²) in [5.41, 5.74) is 7.29. The van der Waals surface area contributed by atoms with Crippen molar-refractivity contribution in [2.24, 2.45) is 0 Å². The lowest BCUT2D eigenvalue weighted by atomic mass is 10.3. The van der Waals surface area contributed by atoms with Gasteiger partial charge in [0.25, 0.3) is 10.1 Å². The molecule has 0 aliphatic rings. The van der Waals surface area contributed by atoms with Crippen LogP contribution in [-0.4, -0.2) is 33.7 Å². The van der Waals surface area contributed by atoms with Crippen LogP contribution in [-0.2, 0) is 20.1 Å². The van der Waals surface area contributed by atoms with E-state index in [1.807, 2.05) is 4.72 Å². The summed E-state index contributed by atoms with van der Waals surface area (Å²) in [7, 11) is -8.05. The zero-order chi connectivity index (χ0) is 13.1. The molecule has 0 amide bonds. The fourth-order valence-electron chi connectivity index (χ4n) is 1.05. The molecule has 0 saturated heterocycles. The molecule has 17 heavy (non-hydrogen) atoms. The van der Waals surface area contributed by atoms with Crippen molar-refractivity contribution in [1.82, 2.24) is 10.5 Å². The minimum Gasteiger partial charge on any atom is -0.301 e. The number of hydrogen-bond acceptors (Lipinski definition) is 4. The van der Waals surface area contributed by atoms with E-state index >= 15 is 0 Å². The van der Waals surface area contributed by atoms with Gasteiger partial charge in [-0.15, -0.1) is 0 Å². The smallest absolute Gasteiger partial charge is 0.266 e. The molecule has 1 aromatic carbocycles. The number of benzene rings is 1. The van der Waals surface area contributed by atoms with Crippen LogP contribution in [0, 0.1) is 0 Å². The Morgan fingerprint density at radius 1 is 1.24 bits per heavy atom. The van der Waals surface area contributed by atoms with Gasteiger partial charge in [-0.25, -0.2) is 13.1 Å². The van der Waals surface area contributed by atoms with Crippen molar-refractivity contribution in [2.45, 2.75) is 4.90 Å². The Kier molecular flexibility index (Phi) is 4.09. The van der Waals surface area contributed by atoms with Crippen molar-refractivity contribution in [3.63, 3.8) is 0 Å². The average molecular weight is 279 g/mol. The highest BCUT2D eigenvalue weighted by molar-refractivity contribution is 7.89. The summed E-state index contributed by atoms with van der Waals surface area (Å²) in [6.45, 7) is -0.427. The SMILES string of the molecule is [NH]c1cccc(S(=O)(=O)NCCS(=O)(=O)O)c1. The molecule has 0 aliphatic heterocycles. The summed E-state index contributed by atoms with van der Waals surface area (Å²) < 4.78 is 54.4. The monoisotopic (exact) mass is 279 g/mol. The maximum atomic E-state index is 11.6. The van der Waals surface area contributed by atoms with Crippen LogP contribution >= 0.6 is 0 Å². The van der Waals surface area contributed by atoms with Gasteiger partial charge in [0.2, 0.25) is 10.0 Å².